The molecule has 0 amide bonds. The summed E-state index contributed by atoms with van der Waals surface area (Å²) >= 11 is 0. The maximum absolute atomic E-state index is 13.8. The molecule has 1 unspecified atom stereocenters. The summed E-state index contributed by atoms with van der Waals surface area (Å²) in [5, 5.41) is 0.665. The lowest BCUT2D eigenvalue weighted by molar-refractivity contribution is 0.514. The van der Waals surface area contributed by atoms with Crippen LogP contribution in [0.2, 0.25) is 25.3 Å². The molecule has 0 radical (unpaired) electrons. The number of benzene rings is 1. The molecule has 0 spiro atoms. The van der Waals surface area contributed by atoms with Gasteiger partial charge in [0, 0.05) is 14.1 Å². The van der Waals surface area contributed by atoms with Crippen molar-refractivity contribution in [1.29, 1.82) is 0 Å². The van der Waals surface area contributed by atoms with E-state index in [0.717, 1.165) is 25.2 Å². The zero-order valence-corrected chi connectivity index (χ0v) is 25.5. The number of hydrogen-bond donors (Lipinski definition) is 0. The van der Waals surface area contributed by atoms with Gasteiger partial charge in [0.05, 0.1) is 12.3 Å². The van der Waals surface area contributed by atoms with E-state index in [9.17, 15) is 8.78 Å². The van der Waals surface area contributed by atoms with E-state index in [1.807, 2.05) is 0 Å². The Hall–Kier alpha value is -0.425. The van der Waals surface area contributed by atoms with Crippen molar-refractivity contribution < 1.29 is 8.78 Å². The van der Waals surface area contributed by atoms with Crippen LogP contribution in [-0.2, 0) is 0 Å². The fraction of sp³-hybridized carbons (Fsp3) is 0.806. The largest absolute Gasteiger partial charge is 0.204 e. The van der Waals surface area contributed by atoms with Gasteiger partial charge in [-0.05, 0) is 31.4 Å². The number of hydrogen-bond acceptors (Lipinski definition) is 0. The summed E-state index contributed by atoms with van der Waals surface area (Å²) in [7, 11) is -0.921. The summed E-state index contributed by atoms with van der Waals surface area (Å²) in [4.78, 5) is 0. The average Bonchev–Trinajstić information content (AvgIpc) is 2.87. The Morgan fingerprint density at radius 2 is 1.06 bits per heavy atom. The molecule has 0 bridgehead atoms. The van der Waals surface area contributed by atoms with Gasteiger partial charge in [0.2, 0.25) is 5.82 Å². The van der Waals surface area contributed by atoms with E-state index in [0.29, 0.717) is 5.30 Å². The van der Waals surface area contributed by atoms with E-state index < -0.39 is 19.6 Å². The fourth-order valence-electron chi connectivity index (χ4n) is 5.65. The monoisotopic (exact) mass is 512 g/mol. The third-order valence-electron chi connectivity index (χ3n) is 7.90. The Balaban J connectivity index is 0.000000662. The Morgan fingerprint density at radius 3 is 1.49 bits per heavy atom. The minimum absolute atomic E-state index is 0.00722. The second kappa shape index (κ2) is 22.7. The Morgan fingerprint density at radius 1 is 0.571 bits per heavy atom. The topological polar surface area (TPSA) is 0 Å². The van der Waals surface area contributed by atoms with Crippen molar-refractivity contribution in [2.24, 2.45) is 0 Å². The SMILES string of the molecule is CCCCCC[PH+](CCC)c1cccc(F)c1F.CCCC[B-](CCCC)(CCCC)CCCC. The van der Waals surface area contributed by atoms with Crippen molar-refractivity contribution in [2.45, 2.75) is 150 Å². The van der Waals surface area contributed by atoms with Gasteiger partial charge in [-0.15, -0.1) is 0 Å². The summed E-state index contributed by atoms with van der Waals surface area (Å²) in [6, 6.07) is 4.63. The standard InChI is InChI=1S/C16H36B.C15H23F2P/c1-5-9-13-17(14-10-6-2,15-11-7-3)16-12-8-4;1-3-5-6-7-12-18(11-4-2)14-10-8-9-13(16)15(14)17/h5-16H2,1-4H3;8-10H,3-7,11-12H2,1-2H3/q-1;/p+1. The molecule has 0 fully saturated rings. The number of halogens is 2. The van der Waals surface area contributed by atoms with Crippen LogP contribution in [0.3, 0.4) is 0 Å². The lowest BCUT2D eigenvalue weighted by Gasteiger charge is -2.40. The summed E-state index contributed by atoms with van der Waals surface area (Å²) in [6.07, 6.45) is 25.6. The van der Waals surface area contributed by atoms with Crippen LogP contribution in [0.4, 0.5) is 8.78 Å². The summed E-state index contributed by atoms with van der Waals surface area (Å²) in [5.41, 5.74) is 0. The molecule has 0 heterocycles. The van der Waals surface area contributed by atoms with E-state index in [1.165, 1.54) is 76.7 Å². The lowest BCUT2D eigenvalue weighted by Crippen LogP contribution is -2.33. The fourth-order valence-corrected chi connectivity index (χ4v) is 8.48. The minimum Gasteiger partial charge on any atom is -0.204 e. The molecule has 0 aliphatic heterocycles. The van der Waals surface area contributed by atoms with Gasteiger partial charge in [0.25, 0.3) is 0 Å². The second-order valence-corrected chi connectivity index (χ2v) is 13.8. The normalized spacial score (nSPS) is 12.3. The maximum atomic E-state index is 13.8. The van der Waals surface area contributed by atoms with Crippen LogP contribution >= 0.6 is 7.92 Å². The van der Waals surface area contributed by atoms with Gasteiger partial charge in [-0.1, -0.05) is 112 Å². The highest BCUT2D eigenvalue weighted by atomic mass is 31.1. The van der Waals surface area contributed by atoms with Gasteiger partial charge in [-0.25, -0.2) is 4.39 Å². The molecular weight excluding hydrogens is 452 g/mol. The van der Waals surface area contributed by atoms with E-state index >= 15 is 0 Å². The van der Waals surface area contributed by atoms with Crippen molar-refractivity contribution in [3.8, 4) is 0 Å². The van der Waals surface area contributed by atoms with Crippen molar-refractivity contribution >= 4 is 19.4 Å². The molecule has 0 N–H and O–H groups in total. The smallest absolute Gasteiger partial charge is 0.200 e. The van der Waals surface area contributed by atoms with Gasteiger partial charge in [0.1, 0.15) is 5.30 Å². The van der Waals surface area contributed by atoms with Crippen LogP contribution in [0.15, 0.2) is 18.2 Å². The molecule has 1 atom stereocenters. The molecule has 0 aliphatic carbocycles. The molecule has 0 nitrogen and oxygen atoms in total. The molecule has 4 heteroatoms. The quantitative estimate of drug-likeness (QED) is 0.0926. The third kappa shape index (κ3) is 15.4. The highest BCUT2D eigenvalue weighted by molar-refractivity contribution is 7.65. The van der Waals surface area contributed by atoms with Crippen LogP contribution in [0.1, 0.15) is 125 Å². The van der Waals surface area contributed by atoms with Gasteiger partial charge in [-0.2, -0.15) is 29.7 Å². The van der Waals surface area contributed by atoms with E-state index in [1.54, 1.807) is 37.4 Å². The molecule has 0 saturated carbocycles. The summed E-state index contributed by atoms with van der Waals surface area (Å²) < 4.78 is 27.1. The van der Waals surface area contributed by atoms with Gasteiger partial charge >= 0.3 is 0 Å². The molecule has 1 aromatic carbocycles. The second-order valence-electron chi connectivity index (χ2n) is 11.1. The van der Waals surface area contributed by atoms with Crippen molar-refractivity contribution in [2.75, 3.05) is 12.3 Å². The maximum Gasteiger partial charge on any atom is 0.200 e. The zero-order chi connectivity index (χ0) is 26.4. The molecular formula is C31H60BF2P. The minimum atomic E-state index is -0.921. The van der Waals surface area contributed by atoms with Gasteiger partial charge < -0.3 is 0 Å². The van der Waals surface area contributed by atoms with Crippen LogP contribution in [-0.4, -0.2) is 18.5 Å². The number of unbranched alkanes of at least 4 members (excludes halogenated alkanes) is 7. The predicted octanol–water partition coefficient (Wildman–Crippen LogP) is 11.4. The van der Waals surface area contributed by atoms with E-state index in [4.69, 9.17) is 0 Å². The molecule has 206 valence electrons. The highest BCUT2D eigenvalue weighted by Gasteiger charge is 2.24. The highest BCUT2D eigenvalue weighted by Crippen LogP contribution is 2.38. The van der Waals surface area contributed by atoms with Crippen LogP contribution in [0.25, 0.3) is 0 Å². The molecule has 0 saturated heterocycles. The summed E-state index contributed by atoms with van der Waals surface area (Å²) in [5.74, 6) is -1.30. The molecule has 1 aromatic rings. The van der Waals surface area contributed by atoms with Crippen molar-refractivity contribution in [1.82, 2.24) is 0 Å². The molecule has 0 aliphatic rings. The van der Waals surface area contributed by atoms with Crippen LogP contribution in [0, 0.1) is 11.6 Å². The Labute approximate surface area is 220 Å². The average molecular weight is 513 g/mol. The molecule has 1 rings (SSSR count). The van der Waals surface area contributed by atoms with Gasteiger partial charge in [-0.3, -0.25) is 0 Å². The molecule has 35 heavy (non-hydrogen) atoms. The van der Waals surface area contributed by atoms with Crippen LogP contribution in [0.5, 0.6) is 0 Å². The zero-order valence-electron chi connectivity index (χ0n) is 24.5. The first-order valence-electron chi connectivity index (χ1n) is 15.5. The summed E-state index contributed by atoms with van der Waals surface area (Å²) in [6.45, 7) is 13.7. The van der Waals surface area contributed by atoms with Crippen LogP contribution < -0.4 is 5.30 Å². The Bertz CT molecular complexity index is 570. The van der Waals surface area contributed by atoms with E-state index in [-0.39, 0.29) is 6.15 Å². The number of rotatable bonds is 20. The first-order chi connectivity index (χ1) is 16.9. The van der Waals surface area contributed by atoms with E-state index in [2.05, 4.69) is 41.5 Å². The molecule has 0 aromatic heterocycles. The van der Waals surface area contributed by atoms with Crippen molar-refractivity contribution in [3.05, 3.63) is 29.8 Å². The van der Waals surface area contributed by atoms with Gasteiger partial charge in [0.15, 0.2) is 5.82 Å². The lowest BCUT2D eigenvalue weighted by atomic mass is 9.17. The first kappa shape index (κ1) is 34.6. The predicted molar refractivity (Wildman–Crippen MR) is 163 cm³/mol. The third-order valence-corrected chi connectivity index (χ3v) is 11.1. The first-order valence-corrected chi connectivity index (χ1v) is 17.4. The Kier molecular flexibility index (Phi) is 22.5. The van der Waals surface area contributed by atoms with Crippen molar-refractivity contribution in [3.63, 3.8) is 0 Å².